The Morgan fingerprint density at radius 2 is 2.33 bits per heavy atom. The number of nitrogens with zero attached hydrogens (tertiary/aromatic N) is 1. The Hall–Kier alpha value is -0.940. The number of pyridine rings is 1. The van der Waals surface area contributed by atoms with Gasteiger partial charge in [-0.25, -0.2) is 4.98 Å². The van der Waals surface area contributed by atoms with Gasteiger partial charge in [0, 0.05) is 6.04 Å². The average molecular weight is 312 g/mol. The minimum absolute atomic E-state index is 0.000257. The van der Waals surface area contributed by atoms with Crippen molar-refractivity contribution in [2.24, 2.45) is 11.1 Å². The van der Waals surface area contributed by atoms with E-state index in [0.717, 1.165) is 35.2 Å². The summed E-state index contributed by atoms with van der Waals surface area (Å²) >= 11 is 3.31. The zero-order valence-electron chi connectivity index (χ0n) is 10.7. The normalized spacial score (nSPS) is 27.2. The van der Waals surface area contributed by atoms with Crippen LogP contribution in [0.25, 0.3) is 0 Å². The zero-order valence-corrected chi connectivity index (χ0v) is 12.3. The van der Waals surface area contributed by atoms with Crippen molar-refractivity contribution in [3.63, 3.8) is 0 Å². The number of amides is 1. The first-order chi connectivity index (χ1) is 8.43. The summed E-state index contributed by atoms with van der Waals surface area (Å²) in [6.07, 6.45) is 2.78. The molecule has 1 amide bonds. The van der Waals surface area contributed by atoms with Gasteiger partial charge in [-0.05, 0) is 54.8 Å². The van der Waals surface area contributed by atoms with Gasteiger partial charge in [0.15, 0.2) is 0 Å². The van der Waals surface area contributed by atoms with Gasteiger partial charge < -0.3 is 11.1 Å². The number of nitrogens with two attached hydrogens (primary N) is 1. The summed E-state index contributed by atoms with van der Waals surface area (Å²) < 4.78 is 0.766. The lowest BCUT2D eigenvalue weighted by Crippen LogP contribution is -2.44. The SMILES string of the molecule is Cc1nc(Br)ccc1NC(=O)C1(C)CCCC1N. The number of hydrogen-bond donors (Lipinski definition) is 2. The summed E-state index contributed by atoms with van der Waals surface area (Å²) in [6.45, 7) is 3.82. The van der Waals surface area contributed by atoms with Gasteiger partial charge in [0.05, 0.1) is 16.8 Å². The molecule has 1 aliphatic carbocycles. The Labute approximate surface area is 115 Å². The Bertz CT molecular complexity index is 477. The van der Waals surface area contributed by atoms with Crippen LogP contribution < -0.4 is 11.1 Å². The van der Waals surface area contributed by atoms with E-state index in [9.17, 15) is 4.79 Å². The molecule has 0 aliphatic heterocycles. The number of aryl methyl sites for hydroxylation is 1. The Morgan fingerprint density at radius 1 is 1.61 bits per heavy atom. The molecular weight excluding hydrogens is 294 g/mol. The van der Waals surface area contributed by atoms with Crippen LogP contribution in [0.5, 0.6) is 0 Å². The van der Waals surface area contributed by atoms with Gasteiger partial charge in [0.1, 0.15) is 4.60 Å². The first kappa shape index (κ1) is 13.5. The molecule has 0 aromatic carbocycles. The fourth-order valence-corrected chi connectivity index (χ4v) is 2.80. The van der Waals surface area contributed by atoms with Crippen LogP contribution in [0, 0.1) is 12.3 Å². The molecule has 2 rings (SSSR count). The molecule has 2 atom stereocenters. The van der Waals surface area contributed by atoms with Crippen LogP contribution >= 0.6 is 15.9 Å². The third-order valence-electron chi connectivity index (χ3n) is 3.85. The Kier molecular flexibility index (Phi) is 3.73. The monoisotopic (exact) mass is 311 g/mol. The maximum Gasteiger partial charge on any atom is 0.231 e. The first-order valence-electron chi connectivity index (χ1n) is 6.13. The quantitative estimate of drug-likeness (QED) is 0.825. The highest BCUT2D eigenvalue weighted by molar-refractivity contribution is 9.10. The number of halogens is 1. The van der Waals surface area contributed by atoms with Crippen LogP contribution in [0.15, 0.2) is 16.7 Å². The van der Waals surface area contributed by atoms with E-state index in [-0.39, 0.29) is 11.9 Å². The molecule has 1 aliphatic rings. The predicted molar refractivity (Wildman–Crippen MR) is 75.2 cm³/mol. The summed E-state index contributed by atoms with van der Waals surface area (Å²) in [5.74, 6) is -0.000257. The van der Waals surface area contributed by atoms with Crippen molar-refractivity contribution in [2.45, 2.75) is 39.2 Å². The van der Waals surface area contributed by atoms with Gasteiger partial charge in [-0.15, -0.1) is 0 Å². The molecular formula is C13H18BrN3O. The second kappa shape index (κ2) is 4.97. The molecule has 2 unspecified atom stereocenters. The molecule has 1 heterocycles. The maximum absolute atomic E-state index is 12.4. The Balaban J connectivity index is 2.16. The lowest BCUT2D eigenvalue weighted by molar-refractivity contribution is -0.125. The van der Waals surface area contributed by atoms with Crippen LogP contribution in [0.2, 0.25) is 0 Å². The van der Waals surface area contributed by atoms with E-state index in [2.05, 4.69) is 26.2 Å². The van der Waals surface area contributed by atoms with Gasteiger partial charge in [-0.3, -0.25) is 4.79 Å². The summed E-state index contributed by atoms with van der Waals surface area (Å²) in [5.41, 5.74) is 7.14. The smallest absolute Gasteiger partial charge is 0.231 e. The summed E-state index contributed by atoms with van der Waals surface area (Å²) in [4.78, 5) is 16.6. The van der Waals surface area contributed by atoms with Gasteiger partial charge in [0.25, 0.3) is 0 Å². The van der Waals surface area contributed by atoms with Crippen molar-refractivity contribution in [3.05, 3.63) is 22.4 Å². The molecule has 18 heavy (non-hydrogen) atoms. The largest absolute Gasteiger partial charge is 0.327 e. The molecule has 1 aromatic rings. The van der Waals surface area contributed by atoms with E-state index >= 15 is 0 Å². The number of carbonyl (C=O) groups excluding carboxylic acids is 1. The van der Waals surface area contributed by atoms with Crippen LogP contribution in [-0.2, 0) is 4.79 Å². The van der Waals surface area contributed by atoms with Crippen LogP contribution in [0.3, 0.4) is 0 Å². The van der Waals surface area contributed by atoms with Crippen molar-refractivity contribution in [1.29, 1.82) is 0 Å². The van der Waals surface area contributed by atoms with E-state index < -0.39 is 5.41 Å². The highest BCUT2D eigenvalue weighted by Crippen LogP contribution is 2.37. The van der Waals surface area contributed by atoms with Gasteiger partial charge in [-0.2, -0.15) is 0 Å². The molecule has 98 valence electrons. The van der Waals surface area contributed by atoms with Crippen molar-refractivity contribution in [2.75, 3.05) is 5.32 Å². The number of carbonyl (C=O) groups is 1. The molecule has 0 bridgehead atoms. The van der Waals surface area contributed by atoms with Crippen molar-refractivity contribution >= 4 is 27.5 Å². The molecule has 4 nitrogen and oxygen atoms in total. The minimum Gasteiger partial charge on any atom is -0.327 e. The van der Waals surface area contributed by atoms with Crippen LogP contribution in [0.1, 0.15) is 31.9 Å². The van der Waals surface area contributed by atoms with E-state index in [1.165, 1.54) is 0 Å². The molecule has 1 fully saturated rings. The highest BCUT2D eigenvalue weighted by atomic mass is 79.9. The second-order valence-corrected chi connectivity index (χ2v) is 5.95. The third-order valence-corrected chi connectivity index (χ3v) is 4.29. The molecule has 1 aromatic heterocycles. The first-order valence-corrected chi connectivity index (χ1v) is 6.93. The Morgan fingerprint density at radius 3 is 2.89 bits per heavy atom. The lowest BCUT2D eigenvalue weighted by Gasteiger charge is -2.27. The summed E-state index contributed by atoms with van der Waals surface area (Å²) in [7, 11) is 0. The number of anilines is 1. The van der Waals surface area contributed by atoms with Crippen LogP contribution in [-0.4, -0.2) is 16.9 Å². The fraction of sp³-hybridized carbons (Fsp3) is 0.538. The number of aromatic nitrogens is 1. The third kappa shape index (κ3) is 2.42. The minimum atomic E-state index is -0.459. The average Bonchev–Trinajstić information content (AvgIpc) is 2.64. The van der Waals surface area contributed by atoms with E-state index in [0.29, 0.717) is 0 Å². The van der Waals surface area contributed by atoms with Crippen molar-refractivity contribution < 1.29 is 4.79 Å². The molecule has 0 radical (unpaired) electrons. The van der Waals surface area contributed by atoms with Gasteiger partial charge in [-0.1, -0.05) is 6.42 Å². The number of hydrogen-bond acceptors (Lipinski definition) is 3. The predicted octanol–water partition coefficient (Wildman–Crippen LogP) is 2.61. The molecule has 0 saturated heterocycles. The van der Waals surface area contributed by atoms with Gasteiger partial charge >= 0.3 is 0 Å². The fourth-order valence-electron chi connectivity index (χ4n) is 2.40. The van der Waals surface area contributed by atoms with Crippen molar-refractivity contribution in [3.8, 4) is 0 Å². The molecule has 1 saturated carbocycles. The molecule has 0 spiro atoms. The van der Waals surface area contributed by atoms with Crippen molar-refractivity contribution in [1.82, 2.24) is 4.98 Å². The number of rotatable bonds is 2. The highest BCUT2D eigenvalue weighted by Gasteiger charge is 2.43. The van der Waals surface area contributed by atoms with E-state index in [4.69, 9.17) is 5.73 Å². The van der Waals surface area contributed by atoms with Gasteiger partial charge in [0.2, 0.25) is 5.91 Å². The standard InChI is InChI=1S/C13H18BrN3O/c1-8-9(5-6-11(14)16-8)17-12(18)13(2)7-3-4-10(13)15/h5-6,10H,3-4,7,15H2,1-2H3,(H,17,18). The van der Waals surface area contributed by atoms with E-state index in [1.807, 2.05) is 26.0 Å². The zero-order chi connectivity index (χ0) is 13.3. The lowest BCUT2D eigenvalue weighted by atomic mass is 9.84. The number of nitrogens with one attached hydrogen (secondary N) is 1. The second-order valence-electron chi connectivity index (χ2n) is 5.14. The summed E-state index contributed by atoms with van der Waals surface area (Å²) in [6, 6.07) is 3.62. The topological polar surface area (TPSA) is 68.0 Å². The van der Waals surface area contributed by atoms with E-state index in [1.54, 1.807) is 0 Å². The molecule has 3 N–H and O–H groups in total. The summed E-state index contributed by atoms with van der Waals surface area (Å²) in [5, 5.41) is 2.95. The maximum atomic E-state index is 12.4. The molecule has 5 heteroatoms. The van der Waals surface area contributed by atoms with Crippen LogP contribution in [0.4, 0.5) is 5.69 Å².